The first-order chi connectivity index (χ1) is 14.9. The van der Waals surface area contributed by atoms with E-state index in [0.717, 1.165) is 5.56 Å². The SMILES string of the molecule is COc1cccc(CN(C(=O)[C@H]2CCC(=O)N2)C(Cc2ccccc2)C(=O)C(N)=O)c1. The molecule has 0 bridgehead atoms. The lowest BCUT2D eigenvalue weighted by atomic mass is 9.98. The van der Waals surface area contributed by atoms with Crippen LogP contribution in [0.1, 0.15) is 24.0 Å². The summed E-state index contributed by atoms with van der Waals surface area (Å²) in [5.74, 6) is -2.02. The lowest BCUT2D eigenvalue weighted by molar-refractivity contribution is -0.146. The standard InChI is InChI=1S/C23H25N3O5/c1-31-17-9-5-8-16(12-17)14-26(23(30)18-10-11-20(27)25-18)19(21(28)22(24)29)13-15-6-3-2-4-7-15/h2-9,12,18-19H,10-11,13-14H2,1H3,(H2,24,29)(H,25,27)/t18-,19?/m1/s1. The summed E-state index contributed by atoms with van der Waals surface area (Å²) in [6.07, 6.45) is 0.685. The number of rotatable bonds is 9. The minimum atomic E-state index is -1.11. The second-order valence-electron chi connectivity index (χ2n) is 7.41. The summed E-state index contributed by atoms with van der Waals surface area (Å²) in [6, 6.07) is 14.3. The first-order valence-electron chi connectivity index (χ1n) is 9.99. The van der Waals surface area contributed by atoms with Gasteiger partial charge in [0.1, 0.15) is 17.8 Å². The van der Waals surface area contributed by atoms with Gasteiger partial charge in [-0.25, -0.2) is 0 Å². The highest BCUT2D eigenvalue weighted by Gasteiger charge is 2.38. The summed E-state index contributed by atoms with van der Waals surface area (Å²) in [6.45, 7) is 0.0545. The molecule has 1 heterocycles. The van der Waals surface area contributed by atoms with E-state index in [4.69, 9.17) is 10.5 Å². The Labute approximate surface area is 180 Å². The largest absolute Gasteiger partial charge is 0.497 e. The van der Waals surface area contributed by atoms with Crippen molar-refractivity contribution in [3.63, 3.8) is 0 Å². The number of carbonyl (C=O) groups excluding carboxylic acids is 4. The van der Waals surface area contributed by atoms with Crippen molar-refractivity contribution in [3.05, 3.63) is 65.7 Å². The Bertz CT molecular complexity index is 976. The van der Waals surface area contributed by atoms with Gasteiger partial charge < -0.3 is 20.7 Å². The van der Waals surface area contributed by atoms with Crippen molar-refractivity contribution in [1.29, 1.82) is 0 Å². The molecule has 8 heteroatoms. The molecule has 0 aromatic heterocycles. The summed E-state index contributed by atoms with van der Waals surface area (Å²) in [7, 11) is 1.53. The molecule has 1 aliphatic rings. The highest BCUT2D eigenvalue weighted by molar-refractivity contribution is 6.37. The van der Waals surface area contributed by atoms with Gasteiger partial charge in [0.05, 0.1) is 7.11 Å². The van der Waals surface area contributed by atoms with E-state index in [1.165, 1.54) is 12.0 Å². The van der Waals surface area contributed by atoms with Crippen molar-refractivity contribution in [2.75, 3.05) is 7.11 Å². The molecule has 0 spiro atoms. The van der Waals surface area contributed by atoms with Gasteiger partial charge in [0, 0.05) is 19.4 Å². The second-order valence-corrected chi connectivity index (χ2v) is 7.41. The molecule has 3 amide bonds. The van der Waals surface area contributed by atoms with Crippen molar-refractivity contribution in [2.24, 2.45) is 5.73 Å². The molecule has 3 N–H and O–H groups in total. The first-order valence-corrected chi connectivity index (χ1v) is 9.99. The topological polar surface area (TPSA) is 119 Å². The Balaban J connectivity index is 1.98. The van der Waals surface area contributed by atoms with Crippen LogP contribution < -0.4 is 15.8 Å². The second kappa shape index (κ2) is 9.88. The number of hydrogen-bond donors (Lipinski definition) is 2. The molecule has 2 aromatic carbocycles. The molecule has 162 valence electrons. The predicted molar refractivity (Wildman–Crippen MR) is 113 cm³/mol. The highest BCUT2D eigenvalue weighted by atomic mass is 16.5. The number of amides is 3. The molecule has 8 nitrogen and oxygen atoms in total. The summed E-state index contributed by atoms with van der Waals surface area (Å²) >= 11 is 0. The minimum Gasteiger partial charge on any atom is -0.497 e. The van der Waals surface area contributed by atoms with Crippen LogP contribution in [0.3, 0.4) is 0 Å². The van der Waals surface area contributed by atoms with Crippen LogP contribution in [0.15, 0.2) is 54.6 Å². The number of Topliss-reactive ketones (excluding diaryl/α,β-unsaturated/α-hetero) is 1. The Morgan fingerprint density at radius 1 is 1.13 bits per heavy atom. The maximum atomic E-state index is 13.4. The van der Waals surface area contributed by atoms with Gasteiger partial charge in [-0.2, -0.15) is 0 Å². The number of nitrogens with zero attached hydrogens (tertiary/aromatic N) is 1. The van der Waals surface area contributed by atoms with Crippen LogP contribution in [0.5, 0.6) is 5.75 Å². The average molecular weight is 423 g/mol. The Morgan fingerprint density at radius 2 is 1.84 bits per heavy atom. The predicted octanol–water partition coefficient (Wildman–Crippen LogP) is 0.968. The molecule has 1 saturated heterocycles. The first kappa shape index (κ1) is 22.0. The number of carbonyl (C=O) groups is 4. The van der Waals surface area contributed by atoms with Gasteiger partial charge in [-0.15, -0.1) is 0 Å². The van der Waals surface area contributed by atoms with Gasteiger partial charge in [0.15, 0.2) is 0 Å². The highest BCUT2D eigenvalue weighted by Crippen LogP contribution is 2.21. The van der Waals surface area contributed by atoms with Crippen LogP contribution in [0.25, 0.3) is 0 Å². The maximum Gasteiger partial charge on any atom is 0.287 e. The van der Waals surface area contributed by atoms with Crippen molar-refractivity contribution >= 4 is 23.5 Å². The third-order valence-corrected chi connectivity index (χ3v) is 5.26. The normalized spacial score (nSPS) is 16.3. The molecule has 1 fully saturated rings. The number of ether oxygens (including phenoxy) is 1. The van der Waals surface area contributed by atoms with Gasteiger partial charge in [-0.05, 0) is 29.7 Å². The summed E-state index contributed by atoms with van der Waals surface area (Å²) in [5, 5.41) is 2.65. The Kier molecular flexibility index (Phi) is 7.02. The molecule has 2 atom stereocenters. The lowest BCUT2D eigenvalue weighted by Gasteiger charge is -2.32. The fourth-order valence-electron chi connectivity index (χ4n) is 3.65. The van der Waals surface area contributed by atoms with E-state index in [9.17, 15) is 19.2 Å². The molecule has 1 unspecified atom stereocenters. The van der Waals surface area contributed by atoms with Gasteiger partial charge in [0.25, 0.3) is 5.91 Å². The van der Waals surface area contributed by atoms with Crippen LogP contribution in [0.4, 0.5) is 0 Å². The smallest absolute Gasteiger partial charge is 0.287 e. The van der Waals surface area contributed by atoms with Gasteiger partial charge in [0.2, 0.25) is 17.6 Å². The van der Waals surface area contributed by atoms with Gasteiger partial charge in [-0.1, -0.05) is 42.5 Å². The maximum absolute atomic E-state index is 13.4. The zero-order chi connectivity index (χ0) is 22.4. The van der Waals surface area contributed by atoms with E-state index < -0.39 is 29.7 Å². The third-order valence-electron chi connectivity index (χ3n) is 5.26. The number of hydrogen-bond acceptors (Lipinski definition) is 5. The van der Waals surface area contributed by atoms with E-state index in [-0.39, 0.29) is 25.3 Å². The molecule has 0 radical (unpaired) electrons. The number of methoxy groups -OCH3 is 1. The summed E-state index contributed by atoms with van der Waals surface area (Å²) in [4.78, 5) is 51.0. The van der Waals surface area contributed by atoms with Crippen molar-refractivity contribution in [1.82, 2.24) is 10.2 Å². The van der Waals surface area contributed by atoms with Gasteiger partial charge in [-0.3, -0.25) is 19.2 Å². The Morgan fingerprint density at radius 3 is 2.45 bits per heavy atom. The zero-order valence-corrected chi connectivity index (χ0v) is 17.2. The molecule has 0 aliphatic carbocycles. The van der Waals surface area contributed by atoms with E-state index in [1.807, 2.05) is 30.3 Å². The fraction of sp³-hybridized carbons (Fsp3) is 0.304. The number of nitrogens with two attached hydrogens (primary N) is 1. The van der Waals surface area contributed by atoms with E-state index in [1.54, 1.807) is 24.3 Å². The van der Waals surface area contributed by atoms with Crippen LogP contribution >= 0.6 is 0 Å². The molecule has 0 saturated carbocycles. The number of ketones is 1. The molecular weight excluding hydrogens is 398 g/mol. The van der Waals surface area contributed by atoms with Crippen LogP contribution in [-0.2, 0) is 32.1 Å². The van der Waals surface area contributed by atoms with Crippen LogP contribution in [0.2, 0.25) is 0 Å². The van der Waals surface area contributed by atoms with Gasteiger partial charge >= 0.3 is 0 Å². The van der Waals surface area contributed by atoms with Crippen molar-refractivity contribution in [3.8, 4) is 5.75 Å². The summed E-state index contributed by atoms with van der Waals surface area (Å²) < 4.78 is 5.25. The average Bonchev–Trinajstić information content (AvgIpc) is 3.22. The Hall–Kier alpha value is -3.68. The minimum absolute atomic E-state index is 0.0545. The zero-order valence-electron chi connectivity index (χ0n) is 17.2. The van der Waals surface area contributed by atoms with E-state index in [0.29, 0.717) is 17.7 Å². The van der Waals surface area contributed by atoms with Crippen molar-refractivity contribution < 1.29 is 23.9 Å². The van der Waals surface area contributed by atoms with E-state index in [2.05, 4.69) is 5.32 Å². The molecule has 2 aromatic rings. The monoisotopic (exact) mass is 423 g/mol. The molecule has 31 heavy (non-hydrogen) atoms. The van der Waals surface area contributed by atoms with Crippen molar-refractivity contribution in [2.45, 2.75) is 37.9 Å². The number of primary amides is 1. The van der Waals surface area contributed by atoms with Crippen LogP contribution in [-0.4, -0.2) is 47.6 Å². The molecular formula is C23H25N3O5. The fourth-order valence-corrected chi connectivity index (χ4v) is 3.65. The van der Waals surface area contributed by atoms with E-state index >= 15 is 0 Å². The third kappa shape index (κ3) is 5.48. The molecule has 3 rings (SSSR count). The number of nitrogens with one attached hydrogen (secondary N) is 1. The van der Waals surface area contributed by atoms with Crippen LogP contribution in [0, 0.1) is 0 Å². The summed E-state index contributed by atoms with van der Waals surface area (Å²) in [5.41, 5.74) is 6.82. The number of benzene rings is 2. The molecule has 1 aliphatic heterocycles. The lowest BCUT2D eigenvalue weighted by Crippen LogP contribution is -2.54. The quantitative estimate of drug-likeness (QED) is 0.583.